The number of anilines is 1. The molecule has 1 aromatic carbocycles. The minimum Gasteiger partial charge on any atom is -0.370 e. The second-order valence-electron chi connectivity index (χ2n) is 6.55. The Labute approximate surface area is 140 Å². The van der Waals surface area contributed by atoms with Crippen molar-refractivity contribution >= 4 is 11.6 Å². The third-order valence-electron chi connectivity index (χ3n) is 4.50. The van der Waals surface area contributed by atoms with Gasteiger partial charge in [-0.1, -0.05) is 13.0 Å². The fourth-order valence-corrected chi connectivity index (χ4v) is 3.10. The van der Waals surface area contributed by atoms with Crippen LogP contribution < -0.4 is 11.1 Å². The first-order valence-electron chi connectivity index (χ1n) is 8.59. The maximum atomic E-state index is 6.04. The largest absolute Gasteiger partial charge is 0.370 e. The molecule has 0 saturated carbocycles. The van der Waals surface area contributed by atoms with Crippen LogP contribution in [0.25, 0.3) is 0 Å². The van der Waals surface area contributed by atoms with Gasteiger partial charge in [-0.2, -0.15) is 0 Å². The molecule has 23 heavy (non-hydrogen) atoms. The van der Waals surface area contributed by atoms with E-state index in [-0.39, 0.29) is 0 Å². The van der Waals surface area contributed by atoms with Crippen molar-refractivity contribution in [3.05, 3.63) is 29.3 Å². The molecule has 128 valence electrons. The molecule has 3 N–H and O–H groups in total. The van der Waals surface area contributed by atoms with Gasteiger partial charge in [-0.05, 0) is 50.6 Å². The number of guanidine groups is 1. The fraction of sp³-hybridized carbons (Fsp3) is 0.611. The van der Waals surface area contributed by atoms with E-state index in [0.717, 1.165) is 45.0 Å². The maximum Gasteiger partial charge on any atom is 0.193 e. The van der Waals surface area contributed by atoms with Gasteiger partial charge in [-0.15, -0.1) is 0 Å². The van der Waals surface area contributed by atoms with Crippen LogP contribution >= 0.6 is 0 Å². The van der Waals surface area contributed by atoms with Crippen molar-refractivity contribution in [1.29, 1.82) is 0 Å². The van der Waals surface area contributed by atoms with Crippen molar-refractivity contribution in [2.45, 2.75) is 33.7 Å². The lowest BCUT2D eigenvalue weighted by atomic mass is 10.1. The molecule has 1 unspecified atom stereocenters. The molecular weight excluding hydrogens is 286 g/mol. The topological polar surface area (TPSA) is 56.9 Å². The van der Waals surface area contributed by atoms with Gasteiger partial charge in [0.15, 0.2) is 5.96 Å². The van der Waals surface area contributed by atoms with Crippen LogP contribution in [0.2, 0.25) is 0 Å². The van der Waals surface area contributed by atoms with Gasteiger partial charge in [0, 0.05) is 37.9 Å². The third-order valence-corrected chi connectivity index (χ3v) is 4.50. The normalized spacial score (nSPS) is 18.9. The number of benzene rings is 1. The van der Waals surface area contributed by atoms with Crippen LogP contribution in [0, 0.1) is 13.8 Å². The summed E-state index contributed by atoms with van der Waals surface area (Å²) in [5.74, 6) is 0.494. The van der Waals surface area contributed by atoms with Gasteiger partial charge in [-0.3, -0.25) is 9.89 Å². The van der Waals surface area contributed by atoms with Crippen LogP contribution in [0.3, 0.4) is 0 Å². The summed E-state index contributed by atoms with van der Waals surface area (Å²) in [6, 6.07) is 6.75. The van der Waals surface area contributed by atoms with Crippen LogP contribution in [0.5, 0.6) is 0 Å². The van der Waals surface area contributed by atoms with Crippen LogP contribution in [0.4, 0.5) is 5.69 Å². The summed E-state index contributed by atoms with van der Waals surface area (Å²) in [7, 11) is 0. The van der Waals surface area contributed by atoms with Crippen LogP contribution in [-0.4, -0.2) is 61.1 Å². The summed E-state index contributed by atoms with van der Waals surface area (Å²) in [5.41, 5.74) is 9.50. The Morgan fingerprint density at radius 2 is 1.78 bits per heavy atom. The highest BCUT2D eigenvalue weighted by Gasteiger charge is 2.19. The van der Waals surface area contributed by atoms with Gasteiger partial charge in [0.25, 0.3) is 0 Å². The van der Waals surface area contributed by atoms with Crippen molar-refractivity contribution in [3.8, 4) is 0 Å². The van der Waals surface area contributed by atoms with Crippen molar-refractivity contribution in [2.24, 2.45) is 10.7 Å². The summed E-state index contributed by atoms with van der Waals surface area (Å²) < 4.78 is 0. The second-order valence-corrected chi connectivity index (χ2v) is 6.55. The Morgan fingerprint density at radius 3 is 2.35 bits per heavy atom. The highest BCUT2D eigenvalue weighted by molar-refractivity contribution is 5.92. The van der Waals surface area contributed by atoms with E-state index >= 15 is 0 Å². The zero-order valence-electron chi connectivity index (χ0n) is 15.0. The number of nitrogens with one attached hydrogen (secondary N) is 1. The van der Waals surface area contributed by atoms with E-state index in [9.17, 15) is 0 Å². The first-order chi connectivity index (χ1) is 11.0. The average molecular weight is 317 g/mol. The van der Waals surface area contributed by atoms with Gasteiger partial charge in [0.1, 0.15) is 0 Å². The summed E-state index contributed by atoms with van der Waals surface area (Å²) in [4.78, 5) is 9.51. The van der Waals surface area contributed by atoms with E-state index in [1.54, 1.807) is 0 Å². The van der Waals surface area contributed by atoms with Gasteiger partial charge in [-0.25, -0.2) is 0 Å². The Hall–Kier alpha value is -1.59. The highest BCUT2D eigenvalue weighted by atomic mass is 15.3. The molecule has 0 amide bonds. The standard InChI is InChI=1S/C18H31N5/c1-5-22-6-8-23(9-7-22)16(4)13-20-18(19)21-17-11-14(2)10-15(3)12-17/h10-12,16H,5-9,13H2,1-4H3,(H3,19,20,21). The number of aliphatic imine (C=N–C) groups is 1. The van der Waals surface area contributed by atoms with Crippen molar-refractivity contribution in [2.75, 3.05) is 44.6 Å². The summed E-state index contributed by atoms with van der Waals surface area (Å²) in [5, 5.41) is 3.20. The minimum atomic E-state index is 0.425. The number of hydrogen-bond donors (Lipinski definition) is 2. The van der Waals surface area contributed by atoms with Crippen LogP contribution in [0.1, 0.15) is 25.0 Å². The molecule has 1 atom stereocenters. The zero-order valence-corrected chi connectivity index (χ0v) is 15.0. The Balaban J connectivity index is 1.84. The van der Waals surface area contributed by atoms with Crippen molar-refractivity contribution < 1.29 is 0 Å². The molecule has 0 bridgehead atoms. The summed E-state index contributed by atoms with van der Waals surface area (Å²) in [6.07, 6.45) is 0. The van der Waals surface area contributed by atoms with Gasteiger partial charge in [0.2, 0.25) is 0 Å². The molecule has 0 aromatic heterocycles. The van der Waals surface area contributed by atoms with Crippen molar-refractivity contribution in [3.63, 3.8) is 0 Å². The lowest BCUT2D eigenvalue weighted by Gasteiger charge is -2.37. The number of hydrogen-bond acceptors (Lipinski definition) is 3. The van der Waals surface area contributed by atoms with E-state index in [1.165, 1.54) is 11.1 Å². The molecule has 0 radical (unpaired) electrons. The number of nitrogens with zero attached hydrogens (tertiary/aromatic N) is 3. The van der Waals surface area contributed by atoms with E-state index < -0.39 is 0 Å². The Kier molecular flexibility index (Phi) is 6.42. The molecule has 5 nitrogen and oxygen atoms in total. The van der Waals surface area contributed by atoms with E-state index in [0.29, 0.717) is 12.0 Å². The fourth-order valence-electron chi connectivity index (χ4n) is 3.10. The van der Waals surface area contributed by atoms with Crippen LogP contribution in [-0.2, 0) is 0 Å². The monoisotopic (exact) mass is 317 g/mol. The third kappa shape index (κ3) is 5.52. The lowest BCUT2D eigenvalue weighted by molar-refractivity contribution is 0.109. The predicted octanol–water partition coefficient (Wildman–Crippen LogP) is 2.06. The first-order valence-corrected chi connectivity index (χ1v) is 8.59. The quantitative estimate of drug-likeness (QED) is 0.645. The zero-order chi connectivity index (χ0) is 16.8. The number of nitrogens with two attached hydrogens (primary N) is 1. The first kappa shape index (κ1) is 17.8. The minimum absolute atomic E-state index is 0.425. The predicted molar refractivity (Wildman–Crippen MR) is 99.2 cm³/mol. The summed E-state index contributed by atoms with van der Waals surface area (Å²) in [6.45, 7) is 15.1. The average Bonchev–Trinajstić information content (AvgIpc) is 2.51. The molecule has 1 aliphatic rings. The second kappa shape index (κ2) is 8.31. The van der Waals surface area contributed by atoms with E-state index in [1.807, 2.05) is 0 Å². The van der Waals surface area contributed by atoms with Crippen LogP contribution in [0.15, 0.2) is 23.2 Å². The molecular formula is C18H31N5. The molecule has 5 heteroatoms. The molecule has 1 heterocycles. The van der Waals surface area contributed by atoms with E-state index in [4.69, 9.17) is 5.73 Å². The molecule has 0 aliphatic carbocycles. The molecule has 2 rings (SSSR count). The van der Waals surface area contributed by atoms with Gasteiger partial charge >= 0.3 is 0 Å². The van der Waals surface area contributed by atoms with Gasteiger partial charge < -0.3 is 16.0 Å². The van der Waals surface area contributed by atoms with Gasteiger partial charge in [0.05, 0.1) is 6.54 Å². The van der Waals surface area contributed by atoms with Crippen molar-refractivity contribution in [1.82, 2.24) is 9.80 Å². The maximum absolute atomic E-state index is 6.04. The number of aryl methyl sites for hydroxylation is 2. The number of rotatable bonds is 5. The Bertz CT molecular complexity index is 512. The number of piperazine rings is 1. The molecule has 1 aliphatic heterocycles. The molecule has 0 spiro atoms. The summed E-state index contributed by atoms with van der Waals surface area (Å²) >= 11 is 0. The molecule has 1 aromatic rings. The molecule has 1 saturated heterocycles. The smallest absolute Gasteiger partial charge is 0.193 e. The SMILES string of the molecule is CCN1CCN(C(C)CN=C(N)Nc2cc(C)cc(C)c2)CC1. The lowest BCUT2D eigenvalue weighted by Crippen LogP contribution is -2.50. The number of likely N-dealkylation sites (N-methyl/N-ethyl adjacent to an activating group) is 1. The highest BCUT2D eigenvalue weighted by Crippen LogP contribution is 2.13. The molecule has 1 fully saturated rings. The van der Waals surface area contributed by atoms with E-state index in [2.05, 4.69) is 66.0 Å². The Morgan fingerprint density at radius 1 is 1.17 bits per heavy atom.